The van der Waals surface area contributed by atoms with Gasteiger partial charge in [-0.1, -0.05) is 11.6 Å². The fourth-order valence-corrected chi connectivity index (χ4v) is 3.46. The van der Waals surface area contributed by atoms with Crippen LogP contribution in [0.2, 0.25) is 5.02 Å². The van der Waals surface area contributed by atoms with Gasteiger partial charge in [-0.2, -0.15) is 0 Å². The summed E-state index contributed by atoms with van der Waals surface area (Å²) >= 11 is 6.41. The minimum atomic E-state index is -1.35. The Morgan fingerprint density at radius 1 is 1.09 bits per heavy atom. The topological polar surface area (TPSA) is 37.3 Å². The highest BCUT2D eigenvalue weighted by molar-refractivity contribution is 7.21. The molecule has 1 heterocycles. The van der Waals surface area contributed by atoms with Crippen molar-refractivity contribution in [2.45, 2.75) is 0 Å². The molecular formula is C15H6ClF3O2S. The van der Waals surface area contributed by atoms with E-state index in [1.165, 1.54) is 6.07 Å². The molecule has 0 bridgehead atoms. The van der Waals surface area contributed by atoms with Crippen LogP contribution < -0.4 is 0 Å². The van der Waals surface area contributed by atoms with E-state index in [9.17, 15) is 23.1 Å². The molecule has 112 valence electrons. The number of carboxylic acid groups (broad SMARTS) is 1. The van der Waals surface area contributed by atoms with E-state index in [0.717, 1.165) is 35.6 Å². The highest BCUT2D eigenvalue weighted by atomic mass is 35.5. The second-order valence-corrected chi connectivity index (χ2v) is 5.93. The average molecular weight is 343 g/mol. The van der Waals surface area contributed by atoms with Gasteiger partial charge < -0.3 is 5.11 Å². The standard InChI is InChI=1S/C15H6ClF3O2S/c16-8-3-4-9(18)12(13(8)19)11-7-2-1-6(17)5-10(7)22-14(11)15(20)21/h1-5H,(H,20,21). The minimum Gasteiger partial charge on any atom is -0.477 e. The second kappa shape index (κ2) is 5.30. The van der Waals surface area contributed by atoms with Crippen LogP contribution >= 0.6 is 22.9 Å². The molecule has 0 amide bonds. The van der Waals surface area contributed by atoms with Crippen molar-refractivity contribution in [3.63, 3.8) is 0 Å². The summed E-state index contributed by atoms with van der Waals surface area (Å²) in [6.07, 6.45) is 0. The molecule has 2 aromatic carbocycles. The monoisotopic (exact) mass is 342 g/mol. The zero-order chi connectivity index (χ0) is 16.0. The first-order valence-electron chi connectivity index (χ1n) is 5.99. The van der Waals surface area contributed by atoms with Crippen LogP contribution in [0.25, 0.3) is 21.2 Å². The highest BCUT2D eigenvalue weighted by Crippen LogP contribution is 2.42. The Balaban J connectivity index is 2.47. The molecule has 1 aromatic heterocycles. The average Bonchev–Trinajstić information content (AvgIpc) is 2.82. The fraction of sp³-hybridized carbons (Fsp3) is 0. The molecular weight excluding hydrogens is 337 g/mol. The van der Waals surface area contributed by atoms with Crippen molar-refractivity contribution in [1.82, 2.24) is 0 Å². The zero-order valence-electron chi connectivity index (χ0n) is 10.7. The van der Waals surface area contributed by atoms with E-state index < -0.39 is 29.0 Å². The van der Waals surface area contributed by atoms with Crippen LogP contribution in [0.1, 0.15) is 9.67 Å². The van der Waals surface area contributed by atoms with Gasteiger partial charge in [-0.15, -0.1) is 11.3 Å². The first-order chi connectivity index (χ1) is 10.4. The van der Waals surface area contributed by atoms with Crippen LogP contribution in [-0.2, 0) is 0 Å². The van der Waals surface area contributed by atoms with Crippen LogP contribution in [0.3, 0.4) is 0 Å². The van der Waals surface area contributed by atoms with Gasteiger partial charge in [-0.05, 0) is 30.3 Å². The largest absolute Gasteiger partial charge is 0.477 e. The van der Waals surface area contributed by atoms with Crippen molar-refractivity contribution in [3.05, 3.63) is 57.7 Å². The van der Waals surface area contributed by atoms with E-state index in [0.29, 0.717) is 0 Å². The van der Waals surface area contributed by atoms with Gasteiger partial charge in [0.05, 0.1) is 10.6 Å². The van der Waals surface area contributed by atoms with E-state index in [1.807, 2.05) is 0 Å². The van der Waals surface area contributed by atoms with Crippen LogP contribution in [0.15, 0.2) is 30.3 Å². The molecule has 3 rings (SSSR count). The van der Waals surface area contributed by atoms with Crippen molar-refractivity contribution in [1.29, 1.82) is 0 Å². The summed E-state index contributed by atoms with van der Waals surface area (Å²) in [6.45, 7) is 0. The molecule has 0 aliphatic carbocycles. The number of benzene rings is 2. The summed E-state index contributed by atoms with van der Waals surface area (Å²) in [6, 6.07) is 5.52. The Kier molecular flexibility index (Phi) is 3.58. The third-order valence-corrected chi connectivity index (χ3v) is 4.57. The Bertz CT molecular complexity index is 921. The molecule has 3 aromatic rings. The molecule has 0 unspecified atom stereocenters. The number of carbonyl (C=O) groups is 1. The zero-order valence-corrected chi connectivity index (χ0v) is 12.2. The normalized spacial score (nSPS) is 11.1. The lowest BCUT2D eigenvalue weighted by Crippen LogP contribution is -1.98. The summed E-state index contributed by atoms with van der Waals surface area (Å²) in [4.78, 5) is 11.1. The van der Waals surface area contributed by atoms with E-state index in [-0.39, 0.29) is 25.5 Å². The number of hydrogen-bond donors (Lipinski definition) is 1. The van der Waals surface area contributed by atoms with Crippen molar-refractivity contribution < 1.29 is 23.1 Å². The molecule has 2 nitrogen and oxygen atoms in total. The number of halogens is 4. The Morgan fingerprint density at radius 3 is 2.50 bits per heavy atom. The Morgan fingerprint density at radius 2 is 1.82 bits per heavy atom. The first kappa shape index (κ1) is 14.9. The number of aromatic carboxylic acids is 1. The number of hydrogen-bond acceptors (Lipinski definition) is 2. The summed E-state index contributed by atoms with van der Waals surface area (Å²) in [5.41, 5.74) is -0.659. The van der Waals surface area contributed by atoms with E-state index in [1.54, 1.807) is 0 Å². The van der Waals surface area contributed by atoms with Crippen molar-refractivity contribution in [2.24, 2.45) is 0 Å². The molecule has 0 saturated heterocycles. The predicted octanol–water partition coefficient (Wildman–Crippen LogP) is 5.34. The molecule has 0 radical (unpaired) electrons. The van der Waals surface area contributed by atoms with Crippen LogP contribution in [0.4, 0.5) is 13.2 Å². The van der Waals surface area contributed by atoms with E-state index in [4.69, 9.17) is 11.6 Å². The highest BCUT2D eigenvalue weighted by Gasteiger charge is 2.25. The molecule has 0 saturated carbocycles. The fourth-order valence-electron chi connectivity index (χ4n) is 2.23. The molecule has 22 heavy (non-hydrogen) atoms. The van der Waals surface area contributed by atoms with E-state index in [2.05, 4.69) is 0 Å². The van der Waals surface area contributed by atoms with Crippen LogP contribution in [0.5, 0.6) is 0 Å². The third-order valence-electron chi connectivity index (χ3n) is 3.14. The number of fused-ring (bicyclic) bond motifs is 1. The predicted molar refractivity (Wildman–Crippen MR) is 79.1 cm³/mol. The summed E-state index contributed by atoms with van der Waals surface area (Å²) in [5.74, 6) is -3.90. The molecule has 7 heteroatoms. The van der Waals surface area contributed by atoms with Crippen LogP contribution in [-0.4, -0.2) is 11.1 Å². The molecule has 1 N–H and O–H groups in total. The molecule has 0 spiro atoms. The van der Waals surface area contributed by atoms with Gasteiger partial charge in [-0.3, -0.25) is 0 Å². The SMILES string of the molecule is O=C(O)c1sc2cc(F)ccc2c1-c1c(F)ccc(Cl)c1F. The third kappa shape index (κ3) is 2.24. The maximum absolute atomic E-state index is 14.2. The van der Waals surface area contributed by atoms with Crippen LogP contribution in [0, 0.1) is 17.5 Å². The van der Waals surface area contributed by atoms with E-state index >= 15 is 0 Å². The van der Waals surface area contributed by atoms with Crippen molar-refractivity contribution in [3.8, 4) is 11.1 Å². The van der Waals surface area contributed by atoms with Gasteiger partial charge in [-0.25, -0.2) is 18.0 Å². The number of thiophene rings is 1. The quantitative estimate of drug-likeness (QED) is 0.638. The smallest absolute Gasteiger partial charge is 0.346 e. The van der Waals surface area contributed by atoms with Gasteiger partial charge in [0.25, 0.3) is 0 Å². The summed E-state index contributed by atoms with van der Waals surface area (Å²) < 4.78 is 41.9. The van der Waals surface area contributed by atoms with Gasteiger partial charge in [0, 0.05) is 15.6 Å². The van der Waals surface area contributed by atoms with Crippen molar-refractivity contribution in [2.75, 3.05) is 0 Å². The molecule has 0 aliphatic rings. The molecule has 0 fully saturated rings. The lowest BCUT2D eigenvalue weighted by molar-refractivity contribution is 0.0703. The van der Waals surface area contributed by atoms with Gasteiger partial charge >= 0.3 is 5.97 Å². The minimum absolute atomic E-state index is 0.134. The Labute approximate surface area is 131 Å². The lowest BCUT2D eigenvalue weighted by Gasteiger charge is -2.07. The maximum atomic E-state index is 14.2. The summed E-state index contributed by atoms with van der Waals surface area (Å²) in [5, 5.41) is 9.22. The maximum Gasteiger partial charge on any atom is 0.346 e. The number of carboxylic acids is 1. The molecule has 0 aliphatic heterocycles. The number of rotatable bonds is 2. The second-order valence-electron chi connectivity index (χ2n) is 4.47. The Hall–Kier alpha value is -2.05. The molecule has 0 atom stereocenters. The van der Waals surface area contributed by atoms with Gasteiger partial charge in [0.1, 0.15) is 16.5 Å². The lowest BCUT2D eigenvalue weighted by atomic mass is 10.0. The first-order valence-corrected chi connectivity index (χ1v) is 7.19. The van der Waals surface area contributed by atoms with Gasteiger partial charge in [0.15, 0.2) is 5.82 Å². The van der Waals surface area contributed by atoms with Crippen molar-refractivity contribution >= 4 is 39.0 Å². The van der Waals surface area contributed by atoms with Gasteiger partial charge in [0.2, 0.25) is 0 Å². The summed E-state index contributed by atoms with van der Waals surface area (Å²) in [7, 11) is 0.